The van der Waals surface area contributed by atoms with E-state index in [1.165, 1.54) is 12.8 Å². The van der Waals surface area contributed by atoms with Gasteiger partial charge < -0.3 is 15.0 Å². The second-order valence-electron chi connectivity index (χ2n) is 5.99. The van der Waals surface area contributed by atoms with E-state index >= 15 is 0 Å². The first kappa shape index (κ1) is 14.8. The Morgan fingerprint density at radius 3 is 2.53 bits per heavy atom. The summed E-state index contributed by atoms with van der Waals surface area (Å²) in [5.41, 5.74) is 0.486. The minimum atomic E-state index is 0.0743. The van der Waals surface area contributed by atoms with Gasteiger partial charge in [-0.1, -0.05) is 26.7 Å². The van der Waals surface area contributed by atoms with Crippen molar-refractivity contribution in [1.82, 2.24) is 10.2 Å². The van der Waals surface area contributed by atoms with E-state index in [2.05, 4.69) is 19.2 Å². The lowest BCUT2D eigenvalue weighted by Crippen LogP contribution is -2.46. The number of carbonyl (C=O) groups is 1. The zero-order valence-corrected chi connectivity index (χ0v) is 12.4. The fourth-order valence-electron chi connectivity index (χ4n) is 3.26. The van der Waals surface area contributed by atoms with Crippen LogP contribution in [-0.2, 0) is 9.53 Å². The van der Waals surface area contributed by atoms with Gasteiger partial charge in [-0.15, -0.1) is 0 Å². The molecule has 1 amide bonds. The third-order valence-corrected chi connectivity index (χ3v) is 5.08. The molecule has 0 saturated carbocycles. The maximum absolute atomic E-state index is 12.3. The molecular formula is C15H28N2O2. The summed E-state index contributed by atoms with van der Waals surface area (Å²) in [4.78, 5) is 14.3. The van der Waals surface area contributed by atoms with Crippen molar-refractivity contribution in [2.24, 2.45) is 5.41 Å². The van der Waals surface area contributed by atoms with E-state index in [1.54, 1.807) is 0 Å². The highest BCUT2D eigenvalue weighted by Crippen LogP contribution is 2.38. The van der Waals surface area contributed by atoms with Crippen LogP contribution in [0.3, 0.4) is 0 Å². The van der Waals surface area contributed by atoms with E-state index in [0.717, 1.165) is 45.6 Å². The minimum absolute atomic E-state index is 0.0743. The average Bonchev–Trinajstić information content (AvgIpc) is 2.48. The lowest BCUT2D eigenvalue weighted by Gasteiger charge is -2.41. The predicted octanol–water partition coefficient (Wildman–Crippen LogP) is 1.79. The molecule has 2 rings (SSSR count). The molecular weight excluding hydrogens is 240 g/mol. The van der Waals surface area contributed by atoms with Gasteiger partial charge in [0, 0.05) is 26.2 Å². The molecule has 1 N–H and O–H groups in total. The Kier molecular flexibility index (Phi) is 5.22. The molecule has 2 fully saturated rings. The fourth-order valence-corrected chi connectivity index (χ4v) is 3.26. The molecule has 110 valence electrons. The topological polar surface area (TPSA) is 41.6 Å². The molecule has 1 unspecified atom stereocenters. The molecule has 0 radical (unpaired) electrons. The second kappa shape index (κ2) is 6.71. The van der Waals surface area contributed by atoms with Crippen molar-refractivity contribution in [2.45, 2.75) is 52.1 Å². The minimum Gasteiger partial charge on any atom is -0.375 e. The van der Waals surface area contributed by atoms with Gasteiger partial charge in [-0.05, 0) is 18.3 Å². The molecule has 0 aliphatic carbocycles. The van der Waals surface area contributed by atoms with Crippen LogP contribution in [0.2, 0.25) is 0 Å². The van der Waals surface area contributed by atoms with Crippen LogP contribution in [0.5, 0.6) is 0 Å². The number of hydrogen-bond acceptors (Lipinski definition) is 3. The summed E-state index contributed by atoms with van der Waals surface area (Å²) in [6, 6.07) is 0. The van der Waals surface area contributed by atoms with Crippen LogP contribution in [0, 0.1) is 5.41 Å². The molecule has 2 saturated heterocycles. The van der Waals surface area contributed by atoms with Crippen molar-refractivity contribution >= 4 is 5.91 Å². The Morgan fingerprint density at radius 1 is 1.32 bits per heavy atom. The van der Waals surface area contributed by atoms with Crippen LogP contribution in [-0.4, -0.2) is 49.7 Å². The summed E-state index contributed by atoms with van der Waals surface area (Å²) in [6.45, 7) is 8.87. The van der Waals surface area contributed by atoms with Crippen molar-refractivity contribution in [1.29, 1.82) is 0 Å². The number of amides is 1. The number of likely N-dealkylation sites (tertiary alicyclic amines) is 1. The van der Waals surface area contributed by atoms with Gasteiger partial charge in [-0.3, -0.25) is 4.79 Å². The number of nitrogens with zero attached hydrogens (tertiary/aromatic N) is 1. The number of nitrogens with one attached hydrogen (secondary N) is 1. The second-order valence-corrected chi connectivity index (χ2v) is 5.99. The quantitative estimate of drug-likeness (QED) is 0.845. The van der Waals surface area contributed by atoms with Crippen molar-refractivity contribution < 1.29 is 9.53 Å². The number of ether oxygens (including phenoxy) is 1. The molecule has 0 aromatic carbocycles. The molecule has 4 nitrogen and oxygen atoms in total. The van der Waals surface area contributed by atoms with E-state index in [4.69, 9.17) is 4.74 Å². The normalized spacial score (nSPS) is 27.3. The van der Waals surface area contributed by atoms with Gasteiger partial charge in [0.05, 0.1) is 19.1 Å². The van der Waals surface area contributed by atoms with Gasteiger partial charge in [-0.25, -0.2) is 0 Å². The monoisotopic (exact) mass is 268 g/mol. The molecule has 0 aromatic heterocycles. The van der Waals surface area contributed by atoms with Crippen molar-refractivity contribution in [3.8, 4) is 0 Å². The Morgan fingerprint density at radius 2 is 2.00 bits per heavy atom. The van der Waals surface area contributed by atoms with Crippen molar-refractivity contribution in [3.05, 3.63) is 0 Å². The number of hydrogen-bond donors (Lipinski definition) is 1. The van der Waals surface area contributed by atoms with E-state index < -0.39 is 0 Å². The lowest BCUT2D eigenvalue weighted by molar-refractivity contribution is -0.137. The SMILES string of the molecule is CCC1(CC)CCN(C(=O)CC2CNCCO2)CC1. The molecule has 1 atom stereocenters. The Hall–Kier alpha value is -0.610. The van der Waals surface area contributed by atoms with Gasteiger partial charge in [0.1, 0.15) is 0 Å². The van der Waals surface area contributed by atoms with Gasteiger partial charge in [0.15, 0.2) is 0 Å². The number of morpholine rings is 1. The smallest absolute Gasteiger partial charge is 0.225 e. The maximum atomic E-state index is 12.3. The fraction of sp³-hybridized carbons (Fsp3) is 0.933. The predicted molar refractivity (Wildman–Crippen MR) is 76.1 cm³/mol. The first-order chi connectivity index (χ1) is 9.19. The summed E-state index contributed by atoms with van der Waals surface area (Å²) in [6.07, 6.45) is 5.41. The Balaban J connectivity index is 1.78. The first-order valence-electron chi connectivity index (χ1n) is 7.79. The highest BCUT2D eigenvalue weighted by molar-refractivity contribution is 5.76. The third-order valence-electron chi connectivity index (χ3n) is 5.08. The van der Waals surface area contributed by atoms with Gasteiger partial charge in [0.2, 0.25) is 5.91 Å². The zero-order chi connectivity index (χ0) is 13.7. The van der Waals surface area contributed by atoms with E-state index in [0.29, 0.717) is 11.8 Å². The molecule has 0 spiro atoms. The molecule has 4 heteroatoms. The first-order valence-corrected chi connectivity index (χ1v) is 7.79. The summed E-state index contributed by atoms with van der Waals surface area (Å²) in [5, 5.41) is 3.28. The number of rotatable bonds is 4. The van der Waals surface area contributed by atoms with Crippen LogP contribution < -0.4 is 5.32 Å². The summed E-state index contributed by atoms with van der Waals surface area (Å²) in [7, 11) is 0. The van der Waals surface area contributed by atoms with E-state index in [9.17, 15) is 4.79 Å². The molecule has 0 bridgehead atoms. The lowest BCUT2D eigenvalue weighted by atomic mass is 9.74. The molecule has 19 heavy (non-hydrogen) atoms. The Bertz CT molecular complexity index is 287. The van der Waals surface area contributed by atoms with E-state index in [-0.39, 0.29) is 12.0 Å². The van der Waals surface area contributed by atoms with Crippen LogP contribution in [0.25, 0.3) is 0 Å². The zero-order valence-electron chi connectivity index (χ0n) is 12.4. The Labute approximate surface area is 116 Å². The van der Waals surface area contributed by atoms with Crippen LogP contribution in [0.4, 0.5) is 0 Å². The molecule has 2 aliphatic rings. The summed E-state index contributed by atoms with van der Waals surface area (Å²) >= 11 is 0. The maximum Gasteiger partial charge on any atom is 0.225 e. The molecule has 2 heterocycles. The van der Waals surface area contributed by atoms with Crippen molar-refractivity contribution in [2.75, 3.05) is 32.8 Å². The van der Waals surface area contributed by atoms with Crippen LogP contribution in [0.15, 0.2) is 0 Å². The van der Waals surface area contributed by atoms with E-state index in [1.807, 2.05) is 4.90 Å². The third kappa shape index (κ3) is 3.69. The largest absolute Gasteiger partial charge is 0.375 e. The highest BCUT2D eigenvalue weighted by atomic mass is 16.5. The number of carbonyl (C=O) groups excluding carboxylic acids is 1. The van der Waals surface area contributed by atoms with Crippen molar-refractivity contribution in [3.63, 3.8) is 0 Å². The van der Waals surface area contributed by atoms with Crippen LogP contribution in [0.1, 0.15) is 46.0 Å². The molecule has 0 aromatic rings. The average molecular weight is 268 g/mol. The highest BCUT2D eigenvalue weighted by Gasteiger charge is 2.33. The van der Waals surface area contributed by atoms with Gasteiger partial charge in [0.25, 0.3) is 0 Å². The van der Waals surface area contributed by atoms with Crippen LogP contribution >= 0.6 is 0 Å². The summed E-state index contributed by atoms with van der Waals surface area (Å²) in [5.74, 6) is 0.273. The van der Waals surface area contributed by atoms with Gasteiger partial charge >= 0.3 is 0 Å². The standard InChI is InChI=1S/C15H28N2O2/c1-3-15(4-2)5-8-17(9-6-15)14(18)11-13-12-16-7-10-19-13/h13,16H,3-12H2,1-2H3. The van der Waals surface area contributed by atoms with Gasteiger partial charge in [-0.2, -0.15) is 0 Å². The molecule has 2 aliphatic heterocycles. The number of piperidine rings is 1. The summed E-state index contributed by atoms with van der Waals surface area (Å²) < 4.78 is 5.61.